The monoisotopic (exact) mass is 435 g/mol. The van der Waals surface area contributed by atoms with Gasteiger partial charge in [0, 0.05) is 43.0 Å². The van der Waals surface area contributed by atoms with Crippen molar-refractivity contribution in [3.63, 3.8) is 0 Å². The van der Waals surface area contributed by atoms with Gasteiger partial charge in [0.05, 0.1) is 13.7 Å². The lowest BCUT2D eigenvalue weighted by Crippen LogP contribution is -2.49. The Balaban J connectivity index is 1.28. The Morgan fingerprint density at radius 1 is 1.09 bits per heavy atom. The second-order valence-electron chi connectivity index (χ2n) is 7.57. The summed E-state index contributed by atoms with van der Waals surface area (Å²) in [6, 6.07) is 14.3. The molecule has 2 heterocycles. The molecule has 0 aliphatic carbocycles. The number of nitrogens with zero attached hydrogens (tertiary/aromatic N) is 4. The normalized spacial score (nSPS) is 14.2. The minimum atomic E-state index is -0.176. The molecule has 0 saturated carbocycles. The molecular weight excluding hydrogens is 410 g/mol. The van der Waals surface area contributed by atoms with Crippen LogP contribution in [-0.4, -0.2) is 65.0 Å². The summed E-state index contributed by atoms with van der Waals surface area (Å²) in [5, 5.41) is 6.93. The first kappa shape index (κ1) is 21.5. The summed E-state index contributed by atoms with van der Waals surface area (Å²) in [5.74, 6) is 1.81. The van der Waals surface area contributed by atoms with E-state index in [9.17, 15) is 9.59 Å². The van der Waals surface area contributed by atoms with Crippen LogP contribution < -0.4 is 10.1 Å². The van der Waals surface area contributed by atoms with E-state index in [0.29, 0.717) is 55.7 Å². The SMILES string of the molecule is COc1ccc(-c2noc(CN3CCN(C(=O)Nc4cccc(C(C)=O)c4)CC3)n2)cc1. The Morgan fingerprint density at radius 3 is 2.53 bits per heavy atom. The largest absolute Gasteiger partial charge is 0.497 e. The van der Waals surface area contributed by atoms with E-state index in [0.717, 1.165) is 11.3 Å². The summed E-state index contributed by atoms with van der Waals surface area (Å²) in [6.45, 7) is 4.58. The minimum absolute atomic E-state index is 0.0362. The topological polar surface area (TPSA) is 101 Å². The van der Waals surface area contributed by atoms with Crippen molar-refractivity contribution >= 4 is 17.5 Å². The number of hydrogen-bond acceptors (Lipinski definition) is 7. The number of benzene rings is 2. The lowest BCUT2D eigenvalue weighted by molar-refractivity contribution is 0.101. The molecule has 2 amide bonds. The molecule has 1 fully saturated rings. The van der Waals surface area contributed by atoms with Crippen molar-refractivity contribution in [3.05, 3.63) is 60.0 Å². The van der Waals surface area contributed by atoms with Crippen LogP contribution in [0.15, 0.2) is 53.1 Å². The van der Waals surface area contributed by atoms with Crippen molar-refractivity contribution in [1.29, 1.82) is 0 Å². The van der Waals surface area contributed by atoms with Gasteiger partial charge in [0.25, 0.3) is 0 Å². The summed E-state index contributed by atoms with van der Waals surface area (Å²) in [6.07, 6.45) is 0. The quantitative estimate of drug-likeness (QED) is 0.593. The molecule has 2 aromatic carbocycles. The van der Waals surface area contributed by atoms with Crippen LogP contribution in [0.1, 0.15) is 23.2 Å². The van der Waals surface area contributed by atoms with Gasteiger partial charge in [0.2, 0.25) is 11.7 Å². The standard InChI is InChI=1S/C23H25N5O4/c1-16(29)18-4-3-5-19(14-18)24-23(30)28-12-10-27(11-13-28)15-21-25-22(26-32-21)17-6-8-20(31-2)9-7-17/h3-9,14H,10-13,15H2,1-2H3,(H,24,30). The minimum Gasteiger partial charge on any atom is -0.497 e. The zero-order chi connectivity index (χ0) is 22.5. The number of ketones is 1. The van der Waals surface area contributed by atoms with E-state index in [1.54, 1.807) is 36.3 Å². The molecule has 0 radical (unpaired) electrons. The molecule has 1 aromatic heterocycles. The fraction of sp³-hybridized carbons (Fsp3) is 0.304. The molecule has 166 valence electrons. The maximum atomic E-state index is 12.6. The van der Waals surface area contributed by atoms with Crippen LogP contribution >= 0.6 is 0 Å². The van der Waals surface area contributed by atoms with Crippen LogP contribution in [0.2, 0.25) is 0 Å². The molecule has 32 heavy (non-hydrogen) atoms. The van der Waals surface area contributed by atoms with Gasteiger partial charge in [-0.15, -0.1) is 0 Å². The number of piperazine rings is 1. The van der Waals surface area contributed by atoms with Gasteiger partial charge >= 0.3 is 6.03 Å². The summed E-state index contributed by atoms with van der Waals surface area (Å²) < 4.78 is 10.6. The highest BCUT2D eigenvalue weighted by atomic mass is 16.5. The first-order valence-electron chi connectivity index (χ1n) is 10.4. The maximum absolute atomic E-state index is 12.6. The van der Waals surface area contributed by atoms with E-state index in [4.69, 9.17) is 9.26 Å². The van der Waals surface area contributed by atoms with Crippen LogP contribution in [0.3, 0.4) is 0 Å². The van der Waals surface area contributed by atoms with E-state index in [1.807, 2.05) is 24.3 Å². The first-order chi connectivity index (χ1) is 15.5. The molecule has 1 aliphatic heterocycles. The van der Waals surface area contributed by atoms with E-state index >= 15 is 0 Å². The van der Waals surface area contributed by atoms with Crippen LogP contribution in [0, 0.1) is 0 Å². The van der Waals surface area contributed by atoms with Gasteiger partial charge in [-0.25, -0.2) is 4.79 Å². The number of nitrogens with one attached hydrogen (secondary N) is 1. The molecule has 0 spiro atoms. The van der Waals surface area contributed by atoms with Gasteiger partial charge in [-0.3, -0.25) is 9.69 Å². The zero-order valence-corrected chi connectivity index (χ0v) is 18.1. The van der Waals surface area contributed by atoms with E-state index in [1.165, 1.54) is 6.92 Å². The zero-order valence-electron chi connectivity index (χ0n) is 18.1. The summed E-state index contributed by atoms with van der Waals surface area (Å²) >= 11 is 0. The van der Waals surface area contributed by atoms with E-state index in [2.05, 4.69) is 20.4 Å². The average Bonchev–Trinajstić information content (AvgIpc) is 3.28. The van der Waals surface area contributed by atoms with E-state index < -0.39 is 0 Å². The average molecular weight is 435 g/mol. The Labute approximate surface area is 186 Å². The van der Waals surface area contributed by atoms with Gasteiger partial charge < -0.3 is 19.5 Å². The number of carbonyl (C=O) groups excluding carboxylic acids is 2. The summed E-state index contributed by atoms with van der Waals surface area (Å²) in [4.78, 5) is 32.5. The Bertz CT molecular complexity index is 1090. The van der Waals surface area contributed by atoms with Gasteiger partial charge in [0.15, 0.2) is 5.78 Å². The van der Waals surface area contributed by atoms with Crippen molar-refractivity contribution in [1.82, 2.24) is 19.9 Å². The number of Topliss-reactive ketones (excluding diaryl/α,β-unsaturated/α-hetero) is 1. The molecule has 1 N–H and O–H groups in total. The number of carbonyl (C=O) groups is 2. The number of aromatic nitrogens is 2. The summed E-state index contributed by atoms with van der Waals surface area (Å²) in [7, 11) is 1.62. The highest BCUT2D eigenvalue weighted by molar-refractivity contribution is 5.96. The second-order valence-corrected chi connectivity index (χ2v) is 7.57. The van der Waals surface area contributed by atoms with Crippen molar-refractivity contribution in [2.45, 2.75) is 13.5 Å². The van der Waals surface area contributed by atoms with Gasteiger partial charge in [0.1, 0.15) is 5.75 Å². The molecule has 0 atom stereocenters. The molecule has 0 bridgehead atoms. The Hall–Kier alpha value is -3.72. The smallest absolute Gasteiger partial charge is 0.321 e. The Morgan fingerprint density at radius 2 is 1.84 bits per heavy atom. The molecule has 1 saturated heterocycles. The first-order valence-corrected chi connectivity index (χ1v) is 10.4. The number of ether oxygens (including phenoxy) is 1. The Kier molecular flexibility index (Phi) is 6.46. The number of methoxy groups -OCH3 is 1. The molecule has 9 nitrogen and oxygen atoms in total. The molecule has 1 aliphatic rings. The number of urea groups is 1. The highest BCUT2D eigenvalue weighted by Crippen LogP contribution is 2.20. The van der Waals surface area contributed by atoms with Crippen molar-refractivity contribution in [2.75, 3.05) is 38.6 Å². The van der Waals surface area contributed by atoms with Crippen LogP contribution in [0.5, 0.6) is 5.75 Å². The molecule has 4 rings (SSSR count). The van der Waals surface area contributed by atoms with Crippen molar-refractivity contribution < 1.29 is 18.8 Å². The molecule has 0 unspecified atom stereocenters. The third-order valence-corrected chi connectivity index (χ3v) is 5.36. The molecule has 3 aromatic rings. The van der Waals surface area contributed by atoms with Crippen LogP contribution in [-0.2, 0) is 6.54 Å². The highest BCUT2D eigenvalue weighted by Gasteiger charge is 2.23. The van der Waals surface area contributed by atoms with Crippen LogP contribution in [0.4, 0.5) is 10.5 Å². The molecular formula is C23H25N5O4. The lowest BCUT2D eigenvalue weighted by atomic mass is 10.1. The number of amides is 2. The fourth-order valence-corrected chi connectivity index (χ4v) is 3.50. The third kappa shape index (κ3) is 5.12. The predicted molar refractivity (Wildman–Crippen MR) is 119 cm³/mol. The fourth-order valence-electron chi connectivity index (χ4n) is 3.50. The van der Waals surface area contributed by atoms with Gasteiger partial charge in [-0.2, -0.15) is 4.98 Å². The molecule has 9 heteroatoms. The maximum Gasteiger partial charge on any atom is 0.321 e. The van der Waals surface area contributed by atoms with Crippen molar-refractivity contribution in [3.8, 4) is 17.1 Å². The van der Waals surface area contributed by atoms with Crippen molar-refractivity contribution in [2.24, 2.45) is 0 Å². The second kappa shape index (κ2) is 9.61. The lowest BCUT2D eigenvalue weighted by Gasteiger charge is -2.33. The van der Waals surface area contributed by atoms with Gasteiger partial charge in [-0.05, 0) is 43.3 Å². The summed E-state index contributed by atoms with van der Waals surface area (Å²) in [5.41, 5.74) is 2.04. The van der Waals surface area contributed by atoms with Gasteiger partial charge in [-0.1, -0.05) is 17.3 Å². The number of anilines is 1. The van der Waals surface area contributed by atoms with E-state index in [-0.39, 0.29) is 11.8 Å². The third-order valence-electron chi connectivity index (χ3n) is 5.36. The van der Waals surface area contributed by atoms with Crippen LogP contribution in [0.25, 0.3) is 11.4 Å². The number of hydrogen-bond donors (Lipinski definition) is 1. The number of rotatable bonds is 6. The predicted octanol–water partition coefficient (Wildman–Crippen LogP) is 3.30.